The largest absolute Gasteiger partial charge is 0.497 e. The van der Waals surface area contributed by atoms with E-state index in [2.05, 4.69) is 10.9 Å². The Morgan fingerprint density at radius 2 is 1.70 bits per heavy atom. The van der Waals surface area contributed by atoms with E-state index in [1.54, 1.807) is 43.5 Å². The Bertz CT molecular complexity index is 1000. The van der Waals surface area contributed by atoms with E-state index in [1.807, 2.05) is 0 Å². The summed E-state index contributed by atoms with van der Waals surface area (Å²) in [5.74, 6) is -0.488. The molecule has 9 nitrogen and oxygen atoms in total. The summed E-state index contributed by atoms with van der Waals surface area (Å²) in [7, 11) is -2.31. The third-order valence-electron chi connectivity index (χ3n) is 4.56. The van der Waals surface area contributed by atoms with Gasteiger partial charge in [0.15, 0.2) is 0 Å². The fraction of sp³-hybridized carbons (Fsp3) is 0.300. The van der Waals surface area contributed by atoms with Crippen molar-refractivity contribution in [3.63, 3.8) is 0 Å². The normalized spacial score (nSPS) is 14.7. The highest BCUT2D eigenvalue weighted by molar-refractivity contribution is 7.89. The third kappa shape index (κ3) is 5.15. The van der Waals surface area contributed by atoms with Crippen molar-refractivity contribution in [2.45, 2.75) is 11.3 Å². The van der Waals surface area contributed by atoms with Crippen molar-refractivity contribution in [2.75, 3.05) is 33.4 Å². The Kier molecular flexibility index (Phi) is 7.03. The number of hydrogen-bond donors (Lipinski definition) is 2. The molecule has 0 saturated carbocycles. The van der Waals surface area contributed by atoms with Gasteiger partial charge in [0.25, 0.3) is 5.91 Å². The van der Waals surface area contributed by atoms with Gasteiger partial charge in [-0.05, 0) is 29.8 Å². The minimum absolute atomic E-state index is 0.0397. The van der Waals surface area contributed by atoms with Gasteiger partial charge in [0.1, 0.15) is 5.75 Å². The molecule has 1 aliphatic heterocycles. The SMILES string of the molecule is COc1ccc(CC(=O)NNC(=O)c2ccccc2S(=O)(=O)N2CCOCC2)cc1. The fourth-order valence-electron chi connectivity index (χ4n) is 2.97. The minimum Gasteiger partial charge on any atom is -0.497 e. The van der Waals surface area contributed by atoms with Crippen molar-refractivity contribution in [1.29, 1.82) is 0 Å². The number of nitrogens with one attached hydrogen (secondary N) is 2. The van der Waals surface area contributed by atoms with E-state index in [9.17, 15) is 18.0 Å². The van der Waals surface area contributed by atoms with Gasteiger partial charge < -0.3 is 9.47 Å². The number of morpholine rings is 1. The van der Waals surface area contributed by atoms with Gasteiger partial charge in [-0.3, -0.25) is 20.4 Å². The molecule has 160 valence electrons. The highest BCUT2D eigenvalue weighted by Gasteiger charge is 2.30. The molecule has 2 N–H and O–H groups in total. The molecule has 0 bridgehead atoms. The van der Waals surface area contributed by atoms with Crippen LogP contribution in [-0.4, -0.2) is 58.0 Å². The summed E-state index contributed by atoms with van der Waals surface area (Å²) in [5.41, 5.74) is 5.29. The van der Waals surface area contributed by atoms with Crippen molar-refractivity contribution in [1.82, 2.24) is 15.2 Å². The molecule has 0 aromatic heterocycles. The molecule has 0 radical (unpaired) electrons. The van der Waals surface area contributed by atoms with E-state index < -0.39 is 21.8 Å². The summed E-state index contributed by atoms with van der Waals surface area (Å²) in [4.78, 5) is 24.6. The summed E-state index contributed by atoms with van der Waals surface area (Å²) in [6.07, 6.45) is 0.0397. The Hall–Kier alpha value is -2.95. The van der Waals surface area contributed by atoms with Crippen molar-refractivity contribution in [3.8, 4) is 5.75 Å². The zero-order valence-corrected chi connectivity index (χ0v) is 17.3. The molecular weight excluding hydrogens is 410 g/mol. The lowest BCUT2D eigenvalue weighted by atomic mass is 10.1. The molecule has 0 atom stereocenters. The van der Waals surface area contributed by atoms with E-state index in [0.29, 0.717) is 19.0 Å². The predicted molar refractivity (Wildman–Crippen MR) is 108 cm³/mol. The summed E-state index contributed by atoms with van der Waals surface area (Å²) >= 11 is 0. The van der Waals surface area contributed by atoms with Crippen LogP contribution in [0.2, 0.25) is 0 Å². The Balaban J connectivity index is 1.66. The monoisotopic (exact) mass is 433 g/mol. The van der Waals surface area contributed by atoms with E-state index in [1.165, 1.54) is 16.4 Å². The highest BCUT2D eigenvalue weighted by Crippen LogP contribution is 2.21. The van der Waals surface area contributed by atoms with E-state index >= 15 is 0 Å². The molecule has 10 heteroatoms. The smallest absolute Gasteiger partial charge is 0.271 e. The standard InChI is InChI=1S/C20H23N3O6S/c1-28-16-8-6-15(7-9-16)14-19(24)21-22-20(25)17-4-2-3-5-18(17)30(26,27)23-10-12-29-13-11-23/h2-9H,10-14H2,1H3,(H,21,24)(H,22,25). The van der Waals surface area contributed by atoms with Crippen LogP contribution in [0.5, 0.6) is 5.75 Å². The van der Waals surface area contributed by atoms with Crippen LogP contribution in [0.15, 0.2) is 53.4 Å². The second-order valence-electron chi connectivity index (χ2n) is 6.54. The maximum absolute atomic E-state index is 12.9. The first-order valence-corrected chi connectivity index (χ1v) is 10.7. The Labute approximate surface area is 175 Å². The molecule has 2 aromatic carbocycles. The van der Waals surface area contributed by atoms with E-state index in [4.69, 9.17) is 9.47 Å². The first-order valence-electron chi connectivity index (χ1n) is 9.31. The summed E-state index contributed by atoms with van der Waals surface area (Å²) < 4.78 is 37.4. The van der Waals surface area contributed by atoms with Crippen molar-refractivity contribution >= 4 is 21.8 Å². The number of carbonyl (C=O) groups is 2. The highest BCUT2D eigenvalue weighted by atomic mass is 32.2. The van der Waals surface area contributed by atoms with Crippen LogP contribution in [0.1, 0.15) is 15.9 Å². The summed E-state index contributed by atoms with van der Waals surface area (Å²) in [6.45, 7) is 1.04. The number of carbonyl (C=O) groups excluding carboxylic acids is 2. The van der Waals surface area contributed by atoms with Crippen molar-refractivity contribution in [2.24, 2.45) is 0 Å². The van der Waals surface area contributed by atoms with Crippen LogP contribution >= 0.6 is 0 Å². The maximum Gasteiger partial charge on any atom is 0.271 e. The Morgan fingerprint density at radius 3 is 2.37 bits per heavy atom. The molecule has 0 unspecified atom stereocenters. The predicted octanol–water partition coefficient (Wildman–Crippen LogP) is 0.720. The lowest BCUT2D eigenvalue weighted by Crippen LogP contribution is -2.44. The second kappa shape index (κ2) is 9.70. The number of benzene rings is 2. The zero-order chi connectivity index (χ0) is 21.6. The molecule has 0 spiro atoms. The van der Waals surface area contributed by atoms with Crippen molar-refractivity contribution < 1.29 is 27.5 Å². The number of hydrogen-bond acceptors (Lipinski definition) is 6. The minimum atomic E-state index is -3.86. The number of rotatable bonds is 6. The van der Waals surface area contributed by atoms with Gasteiger partial charge in [-0.25, -0.2) is 8.42 Å². The first-order chi connectivity index (χ1) is 14.4. The number of hydrazine groups is 1. The molecule has 0 aliphatic carbocycles. The van der Waals surface area contributed by atoms with Crippen molar-refractivity contribution in [3.05, 3.63) is 59.7 Å². The molecule has 1 fully saturated rings. The first kappa shape index (κ1) is 21.8. The lowest BCUT2D eigenvalue weighted by Gasteiger charge is -2.26. The third-order valence-corrected chi connectivity index (χ3v) is 6.52. The number of ether oxygens (including phenoxy) is 2. The number of methoxy groups -OCH3 is 1. The maximum atomic E-state index is 12.9. The van der Waals surface area contributed by atoms with Gasteiger partial charge in [0.05, 0.1) is 37.2 Å². The number of nitrogens with zero attached hydrogens (tertiary/aromatic N) is 1. The van der Waals surface area contributed by atoms with Crippen LogP contribution < -0.4 is 15.6 Å². The molecule has 1 saturated heterocycles. The molecule has 2 amide bonds. The van der Waals surface area contributed by atoms with Gasteiger partial charge in [0, 0.05) is 13.1 Å². The van der Waals surface area contributed by atoms with E-state index in [0.717, 1.165) is 5.56 Å². The van der Waals surface area contributed by atoms with Crippen LogP contribution in [0, 0.1) is 0 Å². The van der Waals surface area contributed by atoms with Gasteiger partial charge in [-0.15, -0.1) is 0 Å². The fourth-order valence-corrected chi connectivity index (χ4v) is 4.57. The molecule has 1 aliphatic rings. The summed E-state index contributed by atoms with van der Waals surface area (Å²) in [6, 6.07) is 12.8. The molecule has 2 aromatic rings. The van der Waals surface area contributed by atoms with Crippen LogP contribution in [0.25, 0.3) is 0 Å². The molecule has 30 heavy (non-hydrogen) atoms. The summed E-state index contributed by atoms with van der Waals surface area (Å²) in [5, 5.41) is 0. The number of sulfonamides is 1. The van der Waals surface area contributed by atoms with Crippen LogP contribution in [0.3, 0.4) is 0 Å². The average Bonchev–Trinajstić information content (AvgIpc) is 2.78. The van der Waals surface area contributed by atoms with Crippen LogP contribution in [0.4, 0.5) is 0 Å². The van der Waals surface area contributed by atoms with Gasteiger partial charge in [-0.2, -0.15) is 4.31 Å². The Morgan fingerprint density at radius 1 is 1.03 bits per heavy atom. The van der Waals surface area contributed by atoms with Gasteiger partial charge in [-0.1, -0.05) is 24.3 Å². The van der Waals surface area contributed by atoms with E-state index in [-0.39, 0.29) is 30.0 Å². The quantitative estimate of drug-likeness (QED) is 0.649. The lowest BCUT2D eigenvalue weighted by molar-refractivity contribution is -0.121. The van der Waals surface area contributed by atoms with Gasteiger partial charge in [0.2, 0.25) is 15.9 Å². The number of amides is 2. The molecule has 3 rings (SSSR count). The van der Waals surface area contributed by atoms with Crippen LogP contribution in [-0.2, 0) is 26.0 Å². The average molecular weight is 433 g/mol. The second-order valence-corrected chi connectivity index (χ2v) is 8.45. The van der Waals surface area contributed by atoms with Gasteiger partial charge >= 0.3 is 0 Å². The molecular formula is C20H23N3O6S. The zero-order valence-electron chi connectivity index (χ0n) is 16.5. The molecule has 1 heterocycles. The topological polar surface area (TPSA) is 114 Å².